The minimum atomic E-state index is -0.755. The van der Waals surface area contributed by atoms with Crippen LogP contribution in [0.5, 0.6) is 0 Å². The number of benzene rings is 3. The third-order valence-electron chi connectivity index (χ3n) is 4.57. The van der Waals surface area contributed by atoms with E-state index < -0.39 is 11.9 Å². The highest BCUT2D eigenvalue weighted by molar-refractivity contribution is 6.08. The molecular weight excluding hydrogens is 324 g/mol. The zero-order valence-electron chi connectivity index (χ0n) is 14.7. The van der Waals surface area contributed by atoms with Crippen molar-refractivity contribution in [2.75, 3.05) is 0 Å². The fourth-order valence-corrected chi connectivity index (χ4v) is 3.18. The summed E-state index contributed by atoms with van der Waals surface area (Å²) in [6.45, 7) is 2.09. The van der Waals surface area contributed by atoms with E-state index >= 15 is 0 Å². The molecule has 0 spiro atoms. The Morgan fingerprint density at radius 2 is 1.58 bits per heavy atom. The van der Waals surface area contributed by atoms with E-state index in [1.807, 2.05) is 66.7 Å². The number of primary amides is 1. The van der Waals surface area contributed by atoms with Gasteiger partial charge < -0.3 is 11.1 Å². The van der Waals surface area contributed by atoms with Crippen molar-refractivity contribution in [3.05, 3.63) is 83.4 Å². The first-order chi connectivity index (χ1) is 12.6. The number of hydrogen-bond acceptors (Lipinski definition) is 2. The fraction of sp³-hybridized carbons (Fsp3) is 0.182. The molecule has 0 aromatic heterocycles. The first-order valence-electron chi connectivity index (χ1n) is 8.75. The lowest BCUT2D eigenvalue weighted by atomic mass is 9.97. The highest BCUT2D eigenvalue weighted by atomic mass is 16.2. The zero-order chi connectivity index (χ0) is 18.5. The second kappa shape index (κ2) is 7.83. The van der Waals surface area contributed by atoms with Crippen molar-refractivity contribution in [2.24, 2.45) is 5.73 Å². The van der Waals surface area contributed by atoms with Crippen LogP contribution in [0, 0.1) is 0 Å². The van der Waals surface area contributed by atoms with Gasteiger partial charge in [-0.25, -0.2) is 0 Å². The van der Waals surface area contributed by atoms with Gasteiger partial charge in [0.25, 0.3) is 5.91 Å². The van der Waals surface area contributed by atoms with Crippen LogP contribution >= 0.6 is 0 Å². The first kappa shape index (κ1) is 17.7. The molecule has 4 nitrogen and oxygen atoms in total. The van der Waals surface area contributed by atoms with E-state index in [0.717, 1.165) is 22.8 Å². The molecule has 26 heavy (non-hydrogen) atoms. The summed E-state index contributed by atoms with van der Waals surface area (Å²) in [5.74, 6) is -0.833. The van der Waals surface area contributed by atoms with Gasteiger partial charge in [0.05, 0.1) is 0 Å². The molecular formula is C22H22N2O2. The van der Waals surface area contributed by atoms with Gasteiger partial charge in [-0.05, 0) is 34.4 Å². The Morgan fingerprint density at radius 3 is 2.23 bits per heavy atom. The van der Waals surface area contributed by atoms with E-state index in [-0.39, 0.29) is 5.91 Å². The van der Waals surface area contributed by atoms with Crippen molar-refractivity contribution in [1.29, 1.82) is 0 Å². The Balaban J connectivity index is 1.89. The van der Waals surface area contributed by atoms with Crippen molar-refractivity contribution >= 4 is 22.6 Å². The normalized spacial score (nSPS) is 11.9. The molecule has 0 radical (unpaired) electrons. The van der Waals surface area contributed by atoms with Crippen LogP contribution in [0.1, 0.15) is 28.4 Å². The molecule has 0 saturated carbocycles. The Morgan fingerprint density at radius 1 is 0.923 bits per heavy atom. The summed E-state index contributed by atoms with van der Waals surface area (Å²) in [5, 5.41) is 4.74. The maximum atomic E-state index is 12.8. The number of fused-ring (bicyclic) bond motifs is 1. The van der Waals surface area contributed by atoms with E-state index in [9.17, 15) is 9.59 Å². The van der Waals surface area contributed by atoms with E-state index in [4.69, 9.17) is 5.73 Å². The van der Waals surface area contributed by atoms with E-state index in [0.29, 0.717) is 12.0 Å². The number of nitrogens with one attached hydrogen (secondary N) is 1. The molecule has 1 atom stereocenters. The van der Waals surface area contributed by atoms with Gasteiger partial charge in [0.2, 0.25) is 5.91 Å². The number of carbonyl (C=O) groups excluding carboxylic acids is 2. The third kappa shape index (κ3) is 3.75. The number of carbonyl (C=O) groups is 2. The van der Waals surface area contributed by atoms with Crippen LogP contribution in [0.2, 0.25) is 0 Å². The Kier molecular flexibility index (Phi) is 5.32. The molecule has 0 aliphatic heterocycles. The summed E-state index contributed by atoms with van der Waals surface area (Å²) in [5.41, 5.74) is 8.20. The van der Waals surface area contributed by atoms with E-state index in [1.54, 1.807) is 0 Å². The molecule has 4 heteroatoms. The lowest BCUT2D eigenvalue weighted by Gasteiger charge is -2.17. The van der Waals surface area contributed by atoms with Crippen molar-refractivity contribution in [1.82, 2.24) is 5.32 Å². The highest BCUT2D eigenvalue weighted by Gasteiger charge is 2.21. The molecule has 3 N–H and O–H groups in total. The molecule has 1 unspecified atom stereocenters. The van der Waals surface area contributed by atoms with Crippen LogP contribution in [-0.4, -0.2) is 17.9 Å². The molecule has 0 bridgehead atoms. The van der Waals surface area contributed by atoms with Crippen molar-refractivity contribution in [3.8, 4) is 0 Å². The number of nitrogens with two attached hydrogens (primary N) is 1. The SMILES string of the molecule is CCc1ccc(C(=O)NC(Cc2ccccc2)C(N)=O)c2ccccc12. The van der Waals surface area contributed by atoms with Crippen molar-refractivity contribution in [2.45, 2.75) is 25.8 Å². The minimum absolute atomic E-state index is 0.288. The van der Waals surface area contributed by atoms with Crippen LogP contribution < -0.4 is 11.1 Å². The number of aryl methyl sites for hydroxylation is 1. The molecule has 0 saturated heterocycles. The predicted octanol–water partition coefficient (Wildman–Crippen LogP) is 3.23. The van der Waals surface area contributed by atoms with E-state index in [1.165, 1.54) is 5.56 Å². The van der Waals surface area contributed by atoms with Gasteiger partial charge in [-0.3, -0.25) is 9.59 Å². The van der Waals surface area contributed by atoms with Gasteiger partial charge >= 0.3 is 0 Å². The number of amides is 2. The Bertz CT molecular complexity index is 935. The second-order valence-corrected chi connectivity index (χ2v) is 6.29. The number of rotatable bonds is 6. The van der Waals surface area contributed by atoms with Crippen LogP contribution in [-0.2, 0) is 17.6 Å². The maximum absolute atomic E-state index is 12.8. The summed E-state index contributed by atoms with van der Waals surface area (Å²) in [4.78, 5) is 24.7. The highest BCUT2D eigenvalue weighted by Crippen LogP contribution is 2.23. The van der Waals surface area contributed by atoms with Crippen molar-refractivity contribution in [3.63, 3.8) is 0 Å². The summed E-state index contributed by atoms with van der Waals surface area (Å²) in [6, 6.07) is 20.4. The second-order valence-electron chi connectivity index (χ2n) is 6.29. The van der Waals surface area contributed by atoms with Crippen LogP contribution in [0.25, 0.3) is 10.8 Å². The predicted molar refractivity (Wildman–Crippen MR) is 104 cm³/mol. The van der Waals surface area contributed by atoms with Gasteiger partial charge in [0, 0.05) is 12.0 Å². The molecule has 0 heterocycles. The standard InChI is InChI=1S/C22H22N2O2/c1-2-16-12-13-19(18-11-7-6-10-17(16)18)22(26)24-20(21(23)25)14-15-8-4-3-5-9-15/h3-13,20H,2,14H2,1H3,(H2,23,25)(H,24,26). The smallest absolute Gasteiger partial charge is 0.252 e. The molecule has 0 fully saturated rings. The average Bonchev–Trinajstić information content (AvgIpc) is 2.67. The third-order valence-corrected chi connectivity index (χ3v) is 4.57. The topological polar surface area (TPSA) is 72.2 Å². The summed E-state index contributed by atoms with van der Waals surface area (Å²) >= 11 is 0. The van der Waals surface area contributed by atoms with Crippen LogP contribution in [0.4, 0.5) is 0 Å². The Hall–Kier alpha value is -3.14. The largest absolute Gasteiger partial charge is 0.368 e. The van der Waals surface area contributed by atoms with Crippen molar-refractivity contribution < 1.29 is 9.59 Å². The van der Waals surface area contributed by atoms with Crippen LogP contribution in [0.15, 0.2) is 66.7 Å². The number of hydrogen-bond donors (Lipinski definition) is 2. The lowest BCUT2D eigenvalue weighted by Crippen LogP contribution is -2.45. The average molecular weight is 346 g/mol. The van der Waals surface area contributed by atoms with E-state index in [2.05, 4.69) is 12.2 Å². The van der Waals surface area contributed by atoms with Gasteiger partial charge in [-0.2, -0.15) is 0 Å². The summed E-state index contributed by atoms with van der Waals surface area (Å²) in [7, 11) is 0. The molecule has 3 aromatic carbocycles. The molecule has 0 aliphatic carbocycles. The molecule has 132 valence electrons. The van der Waals surface area contributed by atoms with Gasteiger partial charge in [0.1, 0.15) is 6.04 Å². The monoisotopic (exact) mass is 346 g/mol. The molecule has 2 amide bonds. The quantitative estimate of drug-likeness (QED) is 0.719. The minimum Gasteiger partial charge on any atom is -0.368 e. The zero-order valence-corrected chi connectivity index (χ0v) is 14.7. The molecule has 3 aromatic rings. The molecule has 3 rings (SSSR count). The van der Waals surface area contributed by atoms with Gasteiger partial charge in [-0.15, -0.1) is 0 Å². The fourth-order valence-electron chi connectivity index (χ4n) is 3.18. The lowest BCUT2D eigenvalue weighted by molar-refractivity contribution is -0.119. The van der Waals surface area contributed by atoms with Gasteiger partial charge in [-0.1, -0.05) is 67.6 Å². The molecule has 0 aliphatic rings. The summed E-state index contributed by atoms with van der Waals surface area (Å²) in [6.07, 6.45) is 1.26. The van der Waals surface area contributed by atoms with Crippen LogP contribution in [0.3, 0.4) is 0 Å². The van der Waals surface area contributed by atoms with Gasteiger partial charge in [0.15, 0.2) is 0 Å². The first-order valence-corrected chi connectivity index (χ1v) is 8.75. The summed E-state index contributed by atoms with van der Waals surface area (Å²) < 4.78 is 0. The Labute approximate surface area is 153 Å². The maximum Gasteiger partial charge on any atom is 0.252 e.